The molecule has 0 aromatic rings. The van der Waals surface area contributed by atoms with E-state index in [2.05, 4.69) is 4.74 Å². The highest BCUT2D eigenvalue weighted by molar-refractivity contribution is 5.82. The van der Waals surface area contributed by atoms with Crippen molar-refractivity contribution in [2.24, 2.45) is 5.41 Å². The molecule has 2 nitrogen and oxygen atoms in total. The standard InChI is InChI=1S/C8H13FO2/c1-8(2,3)6(9)5-7(10)11-4/h5H,1-4H3/b6-5+. The minimum Gasteiger partial charge on any atom is -0.466 e. The van der Waals surface area contributed by atoms with Gasteiger partial charge in [0.25, 0.3) is 0 Å². The summed E-state index contributed by atoms with van der Waals surface area (Å²) in [6.07, 6.45) is 0.861. The number of hydrogen-bond donors (Lipinski definition) is 0. The van der Waals surface area contributed by atoms with Crippen LogP contribution in [-0.2, 0) is 9.53 Å². The number of methoxy groups -OCH3 is 1. The highest BCUT2D eigenvalue weighted by atomic mass is 19.1. The van der Waals surface area contributed by atoms with Crippen LogP contribution in [0.25, 0.3) is 0 Å². The van der Waals surface area contributed by atoms with Gasteiger partial charge in [-0.2, -0.15) is 0 Å². The first kappa shape index (κ1) is 10.1. The van der Waals surface area contributed by atoms with Crippen LogP contribution in [0.15, 0.2) is 11.9 Å². The molecule has 0 fully saturated rings. The molecule has 0 aliphatic rings. The second-order valence-corrected chi connectivity index (χ2v) is 3.27. The Hall–Kier alpha value is -0.860. The van der Waals surface area contributed by atoms with Crippen LogP contribution in [0.5, 0.6) is 0 Å². The summed E-state index contributed by atoms with van der Waals surface area (Å²) in [7, 11) is 1.22. The summed E-state index contributed by atoms with van der Waals surface area (Å²) in [5, 5.41) is 0. The quantitative estimate of drug-likeness (QED) is 0.433. The molecule has 0 heterocycles. The topological polar surface area (TPSA) is 26.3 Å². The average molecular weight is 160 g/mol. The lowest BCUT2D eigenvalue weighted by Gasteiger charge is -2.14. The predicted molar refractivity (Wildman–Crippen MR) is 40.7 cm³/mol. The maximum atomic E-state index is 12.9. The fourth-order valence-corrected chi connectivity index (χ4v) is 0.379. The first-order valence-electron chi connectivity index (χ1n) is 3.33. The molecular weight excluding hydrogens is 147 g/mol. The van der Waals surface area contributed by atoms with Gasteiger partial charge in [0.05, 0.1) is 13.2 Å². The molecule has 0 aromatic carbocycles. The Morgan fingerprint density at radius 3 is 2.18 bits per heavy atom. The van der Waals surface area contributed by atoms with Gasteiger partial charge in [-0.15, -0.1) is 0 Å². The molecule has 0 N–H and O–H groups in total. The van der Waals surface area contributed by atoms with Gasteiger partial charge in [-0.1, -0.05) is 20.8 Å². The molecule has 0 bridgehead atoms. The summed E-state index contributed by atoms with van der Waals surface area (Å²) in [6.45, 7) is 5.05. The van der Waals surface area contributed by atoms with E-state index >= 15 is 0 Å². The van der Waals surface area contributed by atoms with Crippen LogP contribution in [0.3, 0.4) is 0 Å². The van der Waals surface area contributed by atoms with Gasteiger partial charge in [0, 0.05) is 5.41 Å². The third kappa shape index (κ3) is 3.75. The largest absolute Gasteiger partial charge is 0.466 e. The molecule has 0 aromatic heterocycles. The molecule has 0 amide bonds. The monoisotopic (exact) mass is 160 g/mol. The smallest absolute Gasteiger partial charge is 0.333 e. The molecule has 0 aliphatic heterocycles. The lowest BCUT2D eigenvalue weighted by molar-refractivity contribution is -0.135. The van der Waals surface area contributed by atoms with Gasteiger partial charge in [0.15, 0.2) is 0 Å². The van der Waals surface area contributed by atoms with E-state index in [1.165, 1.54) is 7.11 Å². The Balaban J connectivity index is 4.35. The van der Waals surface area contributed by atoms with E-state index in [0.29, 0.717) is 0 Å². The molecule has 0 saturated heterocycles. The van der Waals surface area contributed by atoms with Gasteiger partial charge < -0.3 is 4.74 Å². The third-order valence-corrected chi connectivity index (χ3v) is 1.16. The second kappa shape index (κ2) is 3.51. The first-order chi connectivity index (χ1) is 4.88. The van der Waals surface area contributed by atoms with Gasteiger partial charge in [0.1, 0.15) is 5.83 Å². The van der Waals surface area contributed by atoms with Crippen LogP contribution < -0.4 is 0 Å². The van der Waals surface area contributed by atoms with Crippen molar-refractivity contribution in [3.63, 3.8) is 0 Å². The normalized spacial score (nSPS) is 13.0. The van der Waals surface area contributed by atoms with Crippen molar-refractivity contribution in [1.82, 2.24) is 0 Å². The minimum atomic E-state index is -0.655. The fourth-order valence-electron chi connectivity index (χ4n) is 0.379. The molecule has 64 valence electrons. The van der Waals surface area contributed by atoms with Crippen molar-refractivity contribution in [2.45, 2.75) is 20.8 Å². The minimum absolute atomic E-state index is 0.468. The van der Waals surface area contributed by atoms with E-state index in [1.807, 2.05) is 0 Å². The van der Waals surface area contributed by atoms with Crippen LogP contribution >= 0.6 is 0 Å². The van der Waals surface area contributed by atoms with Gasteiger partial charge in [0.2, 0.25) is 0 Å². The molecule has 0 radical (unpaired) electrons. The van der Waals surface area contributed by atoms with Crippen LogP contribution in [0, 0.1) is 5.41 Å². The van der Waals surface area contributed by atoms with E-state index in [-0.39, 0.29) is 0 Å². The van der Waals surface area contributed by atoms with Crippen molar-refractivity contribution in [2.75, 3.05) is 7.11 Å². The lowest BCUT2D eigenvalue weighted by Crippen LogP contribution is -2.08. The average Bonchev–Trinajstić information content (AvgIpc) is 1.85. The molecule has 0 spiro atoms. The molecule has 0 saturated carbocycles. The van der Waals surface area contributed by atoms with E-state index in [9.17, 15) is 9.18 Å². The number of esters is 1. The predicted octanol–water partition coefficient (Wildman–Crippen LogP) is 2.06. The number of ether oxygens (including phenoxy) is 1. The highest BCUT2D eigenvalue weighted by Gasteiger charge is 2.17. The molecule has 0 atom stereocenters. The molecule has 3 heteroatoms. The van der Waals surface area contributed by atoms with E-state index in [1.54, 1.807) is 20.8 Å². The maximum Gasteiger partial charge on any atom is 0.333 e. The molecular formula is C8H13FO2. The Kier molecular flexibility index (Phi) is 3.23. The van der Waals surface area contributed by atoms with Crippen molar-refractivity contribution in [3.05, 3.63) is 11.9 Å². The van der Waals surface area contributed by atoms with Gasteiger partial charge in [-0.25, -0.2) is 9.18 Å². The summed E-state index contributed by atoms with van der Waals surface area (Å²) in [6, 6.07) is 0. The number of rotatable bonds is 1. The van der Waals surface area contributed by atoms with Crippen LogP contribution in [0.4, 0.5) is 4.39 Å². The van der Waals surface area contributed by atoms with E-state index in [0.717, 1.165) is 6.08 Å². The molecule has 0 aliphatic carbocycles. The Morgan fingerprint density at radius 1 is 1.45 bits per heavy atom. The van der Waals surface area contributed by atoms with Crippen molar-refractivity contribution < 1.29 is 13.9 Å². The van der Waals surface area contributed by atoms with E-state index in [4.69, 9.17) is 0 Å². The van der Waals surface area contributed by atoms with Crippen molar-refractivity contribution in [3.8, 4) is 0 Å². The molecule has 0 unspecified atom stereocenters. The first-order valence-corrected chi connectivity index (χ1v) is 3.33. The summed E-state index contributed by atoms with van der Waals surface area (Å²) in [4.78, 5) is 10.5. The van der Waals surface area contributed by atoms with Gasteiger partial charge in [-0.05, 0) is 0 Å². The molecule has 0 rings (SSSR count). The molecule has 11 heavy (non-hydrogen) atoms. The number of allylic oxidation sites excluding steroid dienone is 1. The number of halogens is 1. The van der Waals surface area contributed by atoms with Crippen LogP contribution in [-0.4, -0.2) is 13.1 Å². The second-order valence-electron chi connectivity index (χ2n) is 3.27. The third-order valence-electron chi connectivity index (χ3n) is 1.16. The van der Waals surface area contributed by atoms with Crippen molar-refractivity contribution >= 4 is 5.97 Å². The van der Waals surface area contributed by atoms with Crippen LogP contribution in [0.2, 0.25) is 0 Å². The Bertz CT molecular complexity index is 177. The maximum absolute atomic E-state index is 12.9. The fraction of sp³-hybridized carbons (Fsp3) is 0.625. The highest BCUT2D eigenvalue weighted by Crippen LogP contribution is 2.25. The number of carbonyl (C=O) groups excluding carboxylic acids is 1. The SMILES string of the molecule is COC(=O)/C=C(/F)C(C)(C)C. The zero-order valence-corrected chi connectivity index (χ0v) is 7.27. The Labute approximate surface area is 66.0 Å². The zero-order valence-electron chi connectivity index (χ0n) is 7.27. The summed E-state index contributed by atoms with van der Waals surface area (Å²) in [5.41, 5.74) is -0.617. The summed E-state index contributed by atoms with van der Waals surface area (Å²) >= 11 is 0. The van der Waals surface area contributed by atoms with Crippen LogP contribution in [0.1, 0.15) is 20.8 Å². The number of carbonyl (C=O) groups is 1. The number of hydrogen-bond acceptors (Lipinski definition) is 2. The summed E-state index contributed by atoms with van der Waals surface area (Å²) in [5.74, 6) is -1.12. The van der Waals surface area contributed by atoms with E-state index < -0.39 is 17.2 Å². The van der Waals surface area contributed by atoms with Crippen molar-refractivity contribution in [1.29, 1.82) is 0 Å². The Morgan fingerprint density at radius 2 is 1.91 bits per heavy atom. The summed E-state index contributed by atoms with van der Waals surface area (Å²) < 4.78 is 17.2. The zero-order chi connectivity index (χ0) is 9.07. The van der Waals surface area contributed by atoms with Gasteiger partial charge >= 0.3 is 5.97 Å². The van der Waals surface area contributed by atoms with Gasteiger partial charge in [-0.3, -0.25) is 0 Å². The lowest BCUT2D eigenvalue weighted by atomic mass is 9.95.